The molecule has 5 nitrogen and oxygen atoms in total. The van der Waals surface area contributed by atoms with Crippen molar-refractivity contribution in [3.05, 3.63) is 82.6 Å². The minimum atomic E-state index is -0.371. The molecule has 4 aromatic rings. The first-order valence-electron chi connectivity index (χ1n) is 8.79. The zero-order chi connectivity index (χ0) is 20.1. The fraction of sp³-hybridized carbons (Fsp3) is 0.0952. The van der Waals surface area contributed by atoms with Crippen molar-refractivity contribution in [1.29, 1.82) is 0 Å². The summed E-state index contributed by atoms with van der Waals surface area (Å²) >= 11 is 3.17. The molecule has 4 rings (SSSR count). The number of benzene rings is 1. The first-order valence-corrected chi connectivity index (χ1v) is 10.5. The fourth-order valence-electron chi connectivity index (χ4n) is 2.56. The van der Waals surface area contributed by atoms with Crippen LogP contribution >= 0.6 is 22.7 Å². The molecule has 8 heteroatoms. The summed E-state index contributed by atoms with van der Waals surface area (Å²) in [5.74, 6) is 0.260. The summed E-state index contributed by atoms with van der Waals surface area (Å²) in [5, 5.41) is 7.71. The normalized spacial score (nSPS) is 10.7. The second kappa shape index (κ2) is 8.93. The Balaban J connectivity index is 1.28. The number of nitrogens with zero attached hydrogens (tertiary/aromatic N) is 2. The highest BCUT2D eigenvalue weighted by Crippen LogP contribution is 2.27. The molecule has 1 amide bonds. The third-order valence-electron chi connectivity index (χ3n) is 3.93. The van der Waals surface area contributed by atoms with Gasteiger partial charge in [0.1, 0.15) is 16.6 Å². The van der Waals surface area contributed by atoms with E-state index in [0.29, 0.717) is 18.2 Å². The van der Waals surface area contributed by atoms with E-state index in [1.54, 1.807) is 41.8 Å². The first-order chi connectivity index (χ1) is 14.2. The van der Waals surface area contributed by atoms with E-state index >= 15 is 0 Å². The second-order valence-electron chi connectivity index (χ2n) is 6.14. The van der Waals surface area contributed by atoms with Crippen molar-refractivity contribution in [3.8, 4) is 21.5 Å². The molecule has 0 aliphatic carbocycles. The molecule has 1 aromatic carbocycles. The number of nitrogens with one attached hydrogen (secondary N) is 1. The van der Waals surface area contributed by atoms with E-state index in [1.165, 1.54) is 23.5 Å². The van der Waals surface area contributed by atoms with Gasteiger partial charge in [-0.1, -0.05) is 18.2 Å². The first kappa shape index (κ1) is 19.2. The number of amides is 1. The minimum absolute atomic E-state index is 0.104. The van der Waals surface area contributed by atoms with Gasteiger partial charge in [0.2, 0.25) is 11.8 Å². The number of thiophene rings is 1. The van der Waals surface area contributed by atoms with Crippen molar-refractivity contribution in [1.82, 2.24) is 15.3 Å². The maximum Gasteiger partial charge on any atom is 0.226 e. The summed E-state index contributed by atoms with van der Waals surface area (Å²) < 4.78 is 18.7. The Bertz CT molecular complexity index is 1100. The molecule has 3 heterocycles. The fourth-order valence-corrected chi connectivity index (χ4v) is 4.19. The number of hydrogen-bond acceptors (Lipinski definition) is 6. The average molecular weight is 426 g/mol. The van der Waals surface area contributed by atoms with Crippen LogP contribution < -0.4 is 10.1 Å². The quantitative estimate of drug-likeness (QED) is 0.450. The van der Waals surface area contributed by atoms with Crippen LogP contribution in [0.15, 0.2) is 65.5 Å². The highest BCUT2D eigenvalue weighted by atomic mass is 32.1. The lowest BCUT2D eigenvalue weighted by Gasteiger charge is -2.07. The number of carbonyl (C=O) groups excluding carboxylic acids is 1. The Hall–Kier alpha value is -3.10. The second-order valence-corrected chi connectivity index (χ2v) is 7.94. The Morgan fingerprint density at radius 3 is 2.83 bits per heavy atom. The number of ether oxygens (including phenoxy) is 1. The molecule has 0 aliphatic heterocycles. The number of aromatic nitrogens is 2. The van der Waals surface area contributed by atoms with Gasteiger partial charge in [-0.3, -0.25) is 4.79 Å². The summed E-state index contributed by atoms with van der Waals surface area (Å²) in [6.07, 6.45) is 1.85. The third kappa shape index (κ3) is 5.24. The van der Waals surface area contributed by atoms with Gasteiger partial charge in [-0.25, -0.2) is 14.4 Å². The zero-order valence-electron chi connectivity index (χ0n) is 15.2. The van der Waals surface area contributed by atoms with E-state index in [-0.39, 0.29) is 18.1 Å². The number of halogens is 1. The minimum Gasteiger partial charge on any atom is -0.439 e. The monoisotopic (exact) mass is 425 g/mol. The van der Waals surface area contributed by atoms with E-state index in [0.717, 1.165) is 21.1 Å². The van der Waals surface area contributed by atoms with Crippen LogP contribution in [-0.4, -0.2) is 15.9 Å². The van der Waals surface area contributed by atoms with E-state index in [4.69, 9.17) is 4.74 Å². The van der Waals surface area contributed by atoms with Crippen LogP contribution in [0.1, 0.15) is 11.3 Å². The van der Waals surface area contributed by atoms with E-state index in [1.807, 2.05) is 22.9 Å². The highest BCUT2D eigenvalue weighted by molar-refractivity contribution is 7.20. The van der Waals surface area contributed by atoms with Gasteiger partial charge in [0.25, 0.3) is 0 Å². The molecule has 0 atom stereocenters. The van der Waals surface area contributed by atoms with Crippen molar-refractivity contribution in [2.45, 2.75) is 13.0 Å². The summed E-state index contributed by atoms with van der Waals surface area (Å²) in [6.45, 7) is 0.355. The van der Waals surface area contributed by atoms with E-state index in [9.17, 15) is 9.18 Å². The van der Waals surface area contributed by atoms with Crippen molar-refractivity contribution in [3.63, 3.8) is 0 Å². The van der Waals surface area contributed by atoms with Gasteiger partial charge in [0, 0.05) is 30.3 Å². The predicted molar refractivity (Wildman–Crippen MR) is 112 cm³/mol. The highest BCUT2D eigenvalue weighted by Gasteiger charge is 2.10. The Labute approximate surface area is 174 Å². The SMILES string of the molecule is O=C(Cc1csc(-c2cccs2)n1)NCc1ccc(Oc2cccc(F)c2)nc1. The molecule has 0 aliphatic rings. The molecular formula is C21H16FN3O2S2. The van der Waals surface area contributed by atoms with Gasteiger partial charge in [0.15, 0.2) is 0 Å². The lowest BCUT2D eigenvalue weighted by atomic mass is 10.2. The molecule has 1 N–H and O–H groups in total. The Morgan fingerprint density at radius 2 is 2.07 bits per heavy atom. The van der Waals surface area contributed by atoms with Crippen molar-refractivity contribution in [2.75, 3.05) is 0 Å². The van der Waals surface area contributed by atoms with Crippen LogP contribution in [0.2, 0.25) is 0 Å². The predicted octanol–water partition coefficient (Wildman–Crippen LogP) is 5.06. The Morgan fingerprint density at radius 1 is 1.14 bits per heavy atom. The molecule has 0 saturated heterocycles. The van der Waals surface area contributed by atoms with Crippen LogP contribution in [0.25, 0.3) is 9.88 Å². The summed E-state index contributed by atoms with van der Waals surface area (Å²) in [4.78, 5) is 22.0. The molecule has 0 fully saturated rings. The van der Waals surface area contributed by atoms with Crippen molar-refractivity contribution < 1.29 is 13.9 Å². The smallest absolute Gasteiger partial charge is 0.226 e. The molecule has 0 unspecified atom stereocenters. The molecule has 146 valence electrons. The number of carbonyl (C=O) groups is 1. The molecule has 0 spiro atoms. The van der Waals surface area contributed by atoms with Crippen molar-refractivity contribution >= 4 is 28.6 Å². The summed E-state index contributed by atoms with van der Waals surface area (Å²) in [7, 11) is 0. The van der Waals surface area contributed by atoms with E-state index < -0.39 is 0 Å². The molecule has 3 aromatic heterocycles. The van der Waals surface area contributed by atoms with E-state index in [2.05, 4.69) is 15.3 Å². The van der Waals surface area contributed by atoms with Gasteiger partial charge >= 0.3 is 0 Å². The van der Waals surface area contributed by atoms with Crippen LogP contribution in [0.3, 0.4) is 0 Å². The number of rotatable bonds is 7. The van der Waals surface area contributed by atoms with Crippen molar-refractivity contribution in [2.24, 2.45) is 0 Å². The molecule has 0 radical (unpaired) electrons. The standard InChI is InChI=1S/C21H16FN3O2S2/c22-15-3-1-4-17(9-15)27-20-7-6-14(12-24-20)11-23-19(26)10-16-13-29-21(25-16)18-5-2-8-28-18/h1-9,12-13H,10-11H2,(H,23,26). The van der Waals surface area contributed by atoms with Crippen LogP contribution in [0.5, 0.6) is 11.6 Å². The van der Waals surface area contributed by atoms with Crippen LogP contribution in [-0.2, 0) is 17.8 Å². The Kier molecular flexibility index (Phi) is 5.92. The largest absolute Gasteiger partial charge is 0.439 e. The zero-order valence-corrected chi connectivity index (χ0v) is 16.8. The third-order valence-corrected chi connectivity index (χ3v) is 5.86. The lowest BCUT2D eigenvalue weighted by molar-refractivity contribution is -0.120. The van der Waals surface area contributed by atoms with Gasteiger partial charge in [-0.05, 0) is 29.1 Å². The molecule has 0 bridgehead atoms. The molecule has 0 saturated carbocycles. The number of pyridine rings is 1. The van der Waals surface area contributed by atoms with Gasteiger partial charge in [-0.15, -0.1) is 22.7 Å². The average Bonchev–Trinajstić information content (AvgIpc) is 3.39. The summed E-state index contributed by atoms with van der Waals surface area (Å²) in [6, 6.07) is 13.3. The summed E-state index contributed by atoms with van der Waals surface area (Å²) in [5.41, 5.74) is 1.59. The number of hydrogen-bond donors (Lipinski definition) is 1. The number of thiazole rings is 1. The van der Waals surface area contributed by atoms with Gasteiger partial charge in [0.05, 0.1) is 17.0 Å². The van der Waals surface area contributed by atoms with Gasteiger partial charge < -0.3 is 10.1 Å². The van der Waals surface area contributed by atoms with Gasteiger partial charge in [-0.2, -0.15) is 0 Å². The van der Waals surface area contributed by atoms with Crippen LogP contribution in [0.4, 0.5) is 4.39 Å². The maximum atomic E-state index is 13.2. The topological polar surface area (TPSA) is 64.1 Å². The molecular weight excluding hydrogens is 409 g/mol. The maximum absolute atomic E-state index is 13.2. The lowest BCUT2D eigenvalue weighted by Crippen LogP contribution is -2.24. The van der Waals surface area contributed by atoms with Crippen LogP contribution in [0, 0.1) is 5.82 Å². The molecule has 29 heavy (non-hydrogen) atoms.